The van der Waals surface area contributed by atoms with E-state index in [0.717, 1.165) is 38.2 Å². The zero-order valence-corrected chi connectivity index (χ0v) is 8.82. The zero-order chi connectivity index (χ0) is 10.5. The highest BCUT2D eigenvalue weighted by atomic mass is 16.5. The lowest BCUT2D eigenvalue weighted by atomic mass is 9.92. The van der Waals surface area contributed by atoms with E-state index in [9.17, 15) is 0 Å². The van der Waals surface area contributed by atoms with E-state index >= 15 is 0 Å². The second kappa shape index (κ2) is 5.30. The number of nitrogens with two attached hydrogens (primary N) is 1. The van der Waals surface area contributed by atoms with Crippen molar-refractivity contribution < 1.29 is 9.15 Å². The third kappa shape index (κ3) is 2.81. The van der Waals surface area contributed by atoms with E-state index in [2.05, 4.69) is 5.43 Å². The van der Waals surface area contributed by atoms with Crippen molar-refractivity contribution in [1.82, 2.24) is 5.43 Å². The highest BCUT2D eigenvalue weighted by Gasteiger charge is 2.21. The minimum Gasteiger partial charge on any atom is -0.468 e. The molecule has 0 aliphatic carbocycles. The molecule has 1 unspecified atom stereocenters. The van der Waals surface area contributed by atoms with Gasteiger partial charge in [0.1, 0.15) is 5.76 Å². The topological polar surface area (TPSA) is 60.4 Å². The summed E-state index contributed by atoms with van der Waals surface area (Å²) in [4.78, 5) is 0. The number of hydrogen-bond acceptors (Lipinski definition) is 4. The molecule has 4 nitrogen and oxygen atoms in total. The summed E-state index contributed by atoms with van der Waals surface area (Å²) in [5.41, 5.74) is 2.82. The molecule has 1 atom stereocenters. The average molecular weight is 210 g/mol. The van der Waals surface area contributed by atoms with Gasteiger partial charge < -0.3 is 9.15 Å². The highest BCUT2D eigenvalue weighted by molar-refractivity contribution is 5.04. The van der Waals surface area contributed by atoms with Gasteiger partial charge in [0.05, 0.1) is 12.3 Å². The molecular weight excluding hydrogens is 192 g/mol. The van der Waals surface area contributed by atoms with Crippen LogP contribution in [-0.4, -0.2) is 13.2 Å². The van der Waals surface area contributed by atoms with E-state index in [1.165, 1.54) is 0 Å². The first kappa shape index (κ1) is 10.7. The minimum atomic E-state index is 0.128. The quantitative estimate of drug-likeness (QED) is 0.585. The van der Waals surface area contributed by atoms with Crippen LogP contribution in [-0.2, 0) is 4.74 Å². The van der Waals surface area contributed by atoms with Crippen LogP contribution in [0.15, 0.2) is 22.8 Å². The lowest BCUT2D eigenvalue weighted by molar-refractivity contribution is 0.0596. The first-order chi connectivity index (χ1) is 7.40. The largest absolute Gasteiger partial charge is 0.468 e. The molecule has 1 aliphatic heterocycles. The summed E-state index contributed by atoms with van der Waals surface area (Å²) in [6.07, 6.45) is 4.95. The summed E-state index contributed by atoms with van der Waals surface area (Å²) in [5, 5.41) is 0. The molecule has 0 radical (unpaired) electrons. The monoisotopic (exact) mass is 210 g/mol. The molecule has 15 heavy (non-hydrogen) atoms. The van der Waals surface area contributed by atoms with Gasteiger partial charge >= 0.3 is 0 Å². The van der Waals surface area contributed by atoms with Crippen molar-refractivity contribution in [3.05, 3.63) is 24.2 Å². The summed E-state index contributed by atoms with van der Waals surface area (Å²) in [5.74, 6) is 7.15. The summed E-state index contributed by atoms with van der Waals surface area (Å²) < 4.78 is 10.7. The fraction of sp³-hybridized carbons (Fsp3) is 0.636. The van der Waals surface area contributed by atoms with Gasteiger partial charge in [0.2, 0.25) is 0 Å². The minimum absolute atomic E-state index is 0.128. The summed E-state index contributed by atoms with van der Waals surface area (Å²) in [6.45, 7) is 1.75. The van der Waals surface area contributed by atoms with Gasteiger partial charge in [0.15, 0.2) is 0 Å². The van der Waals surface area contributed by atoms with Crippen LogP contribution >= 0.6 is 0 Å². The van der Waals surface area contributed by atoms with E-state index in [4.69, 9.17) is 15.0 Å². The van der Waals surface area contributed by atoms with Gasteiger partial charge in [-0.15, -0.1) is 0 Å². The average Bonchev–Trinajstić information content (AvgIpc) is 2.81. The van der Waals surface area contributed by atoms with E-state index in [0.29, 0.717) is 5.92 Å². The Bertz CT molecular complexity index is 268. The molecule has 4 heteroatoms. The Morgan fingerprint density at radius 1 is 1.47 bits per heavy atom. The fourth-order valence-corrected chi connectivity index (χ4v) is 2.07. The normalized spacial score (nSPS) is 20.3. The van der Waals surface area contributed by atoms with Crippen LogP contribution in [0.1, 0.15) is 31.1 Å². The Morgan fingerprint density at radius 2 is 2.27 bits per heavy atom. The smallest absolute Gasteiger partial charge is 0.122 e. The first-order valence-corrected chi connectivity index (χ1v) is 5.47. The predicted octanol–water partition coefficient (Wildman–Crippen LogP) is 1.60. The SMILES string of the molecule is NNC(CC1CCOCC1)c1ccco1. The molecule has 0 amide bonds. The number of rotatable bonds is 4. The molecule has 1 aromatic heterocycles. The van der Waals surface area contributed by atoms with Crippen molar-refractivity contribution in [3.63, 3.8) is 0 Å². The summed E-state index contributed by atoms with van der Waals surface area (Å²) in [7, 11) is 0. The van der Waals surface area contributed by atoms with Crippen LogP contribution in [0, 0.1) is 5.92 Å². The summed E-state index contributed by atoms with van der Waals surface area (Å²) in [6, 6.07) is 3.98. The van der Waals surface area contributed by atoms with Crippen LogP contribution in [0.4, 0.5) is 0 Å². The standard InChI is InChI=1S/C11H18N2O2/c12-13-10(11-2-1-5-15-11)8-9-3-6-14-7-4-9/h1-2,5,9-10,13H,3-4,6-8,12H2. The van der Waals surface area contributed by atoms with E-state index < -0.39 is 0 Å². The number of hydrazine groups is 1. The molecule has 0 aromatic carbocycles. The molecule has 2 rings (SSSR count). The maximum Gasteiger partial charge on any atom is 0.122 e. The van der Waals surface area contributed by atoms with Crippen molar-refractivity contribution in [3.8, 4) is 0 Å². The van der Waals surface area contributed by atoms with Crippen molar-refractivity contribution >= 4 is 0 Å². The third-order valence-electron chi connectivity index (χ3n) is 3.00. The molecule has 0 saturated carbocycles. The number of hydrogen-bond donors (Lipinski definition) is 2. The molecule has 0 spiro atoms. The molecule has 3 N–H and O–H groups in total. The van der Waals surface area contributed by atoms with E-state index in [-0.39, 0.29) is 6.04 Å². The maximum atomic E-state index is 5.54. The molecule has 0 bridgehead atoms. The molecular formula is C11H18N2O2. The Kier molecular flexibility index (Phi) is 3.77. The lowest BCUT2D eigenvalue weighted by Crippen LogP contribution is -2.30. The van der Waals surface area contributed by atoms with Gasteiger partial charge in [-0.25, -0.2) is 5.43 Å². The van der Waals surface area contributed by atoms with Gasteiger partial charge in [0, 0.05) is 13.2 Å². The van der Waals surface area contributed by atoms with Gasteiger partial charge in [-0.3, -0.25) is 5.84 Å². The highest BCUT2D eigenvalue weighted by Crippen LogP contribution is 2.27. The molecule has 2 heterocycles. The Labute approximate surface area is 89.7 Å². The molecule has 84 valence electrons. The van der Waals surface area contributed by atoms with Gasteiger partial charge in [0.25, 0.3) is 0 Å². The molecule has 1 fully saturated rings. The van der Waals surface area contributed by atoms with Crippen LogP contribution < -0.4 is 11.3 Å². The lowest BCUT2D eigenvalue weighted by Gasteiger charge is -2.25. The fourth-order valence-electron chi connectivity index (χ4n) is 2.07. The maximum absolute atomic E-state index is 5.54. The second-order valence-corrected chi connectivity index (χ2v) is 4.03. The molecule has 1 aliphatic rings. The van der Waals surface area contributed by atoms with Crippen LogP contribution in [0.2, 0.25) is 0 Å². The van der Waals surface area contributed by atoms with E-state index in [1.54, 1.807) is 6.26 Å². The molecule has 1 saturated heterocycles. The van der Waals surface area contributed by atoms with Crippen molar-refractivity contribution in [1.29, 1.82) is 0 Å². The van der Waals surface area contributed by atoms with Crippen molar-refractivity contribution in [2.45, 2.75) is 25.3 Å². The van der Waals surface area contributed by atoms with Gasteiger partial charge in [-0.05, 0) is 37.3 Å². The number of nitrogens with one attached hydrogen (secondary N) is 1. The summed E-state index contributed by atoms with van der Waals surface area (Å²) >= 11 is 0. The van der Waals surface area contributed by atoms with Gasteiger partial charge in [-0.2, -0.15) is 0 Å². The zero-order valence-electron chi connectivity index (χ0n) is 8.82. The van der Waals surface area contributed by atoms with E-state index in [1.807, 2.05) is 12.1 Å². The van der Waals surface area contributed by atoms with Crippen LogP contribution in [0.3, 0.4) is 0 Å². The predicted molar refractivity (Wildman–Crippen MR) is 56.9 cm³/mol. The first-order valence-electron chi connectivity index (χ1n) is 5.47. The van der Waals surface area contributed by atoms with Gasteiger partial charge in [-0.1, -0.05) is 0 Å². The Hall–Kier alpha value is -0.840. The Balaban J connectivity index is 1.90. The van der Waals surface area contributed by atoms with Crippen molar-refractivity contribution in [2.75, 3.05) is 13.2 Å². The van der Waals surface area contributed by atoms with Crippen LogP contribution in [0.5, 0.6) is 0 Å². The Morgan fingerprint density at radius 3 is 2.87 bits per heavy atom. The number of furan rings is 1. The number of ether oxygens (including phenoxy) is 1. The second-order valence-electron chi connectivity index (χ2n) is 4.03. The van der Waals surface area contributed by atoms with Crippen molar-refractivity contribution in [2.24, 2.45) is 11.8 Å². The molecule has 1 aromatic rings. The van der Waals surface area contributed by atoms with Crippen LogP contribution in [0.25, 0.3) is 0 Å². The third-order valence-corrected chi connectivity index (χ3v) is 3.00.